The van der Waals surface area contributed by atoms with E-state index in [4.69, 9.17) is 9.72 Å². The minimum atomic E-state index is -0.536. The van der Waals surface area contributed by atoms with Crippen LogP contribution in [0.15, 0.2) is 53.8 Å². The molecule has 0 aliphatic heterocycles. The van der Waals surface area contributed by atoms with Gasteiger partial charge in [-0.3, -0.25) is 4.79 Å². The number of carbonyl (C=O) groups excluding carboxylic acids is 1. The molecule has 0 amide bonds. The maximum absolute atomic E-state index is 13.1. The first-order chi connectivity index (χ1) is 18.1. The Bertz CT molecular complexity index is 1650. The van der Waals surface area contributed by atoms with Crippen molar-refractivity contribution < 1.29 is 14.1 Å². The van der Waals surface area contributed by atoms with Crippen LogP contribution in [-0.4, -0.2) is 32.8 Å². The number of benzene rings is 2. The van der Waals surface area contributed by atoms with E-state index in [0.29, 0.717) is 5.75 Å². The summed E-state index contributed by atoms with van der Waals surface area (Å²) >= 11 is 0. The third-order valence-corrected chi connectivity index (χ3v) is 9.75. The summed E-state index contributed by atoms with van der Waals surface area (Å²) in [6.07, 6.45) is 2.00. The van der Waals surface area contributed by atoms with Crippen LogP contribution in [0.2, 0.25) is 0 Å². The number of Topliss-reactive ketones (excluding diaryl/α,β-unsaturated/α-hetero) is 1. The summed E-state index contributed by atoms with van der Waals surface area (Å²) in [6.45, 7) is 10.1. The van der Waals surface area contributed by atoms with Gasteiger partial charge in [-0.25, -0.2) is 14.5 Å². The Morgan fingerprint density at radius 3 is 2.42 bits per heavy atom. The van der Waals surface area contributed by atoms with Gasteiger partial charge in [0.1, 0.15) is 17.0 Å². The van der Waals surface area contributed by atoms with Crippen molar-refractivity contribution >= 4 is 49.4 Å². The summed E-state index contributed by atoms with van der Waals surface area (Å²) in [4.78, 5) is 29.7. The molecule has 38 heavy (non-hydrogen) atoms. The summed E-state index contributed by atoms with van der Waals surface area (Å²) in [5.74, 6) is 2.53. The topological polar surface area (TPSA) is 87.5 Å². The molecule has 1 aliphatic carbocycles. The molecular weight excluding hydrogens is 514 g/mol. The van der Waals surface area contributed by atoms with E-state index in [-0.39, 0.29) is 5.78 Å². The zero-order chi connectivity index (χ0) is 26.8. The zero-order valence-corrected chi connectivity index (χ0v) is 23.9. The highest BCUT2D eigenvalue weighted by molar-refractivity contribution is 8.76. The van der Waals surface area contributed by atoms with Gasteiger partial charge in [-0.15, -0.1) is 0 Å². The quantitative estimate of drug-likeness (QED) is 0.198. The normalized spacial score (nSPS) is 15.9. The number of H-pyrrole nitrogens is 2. The molecule has 194 valence electrons. The number of ketones is 1. The summed E-state index contributed by atoms with van der Waals surface area (Å²) in [7, 11) is 5.02. The Labute approximate surface area is 229 Å². The van der Waals surface area contributed by atoms with Crippen molar-refractivity contribution in [2.75, 3.05) is 7.11 Å². The Morgan fingerprint density at radius 2 is 1.68 bits per heavy atom. The van der Waals surface area contributed by atoms with Gasteiger partial charge in [-0.1, -0.05) is 27.9 Å². The molecule has 6 rings (SSSR count). The van der Waals surface area contributed by atoms with Crippen LogP contribution in [0.4, 0.5) is 0 Å². The molecular formula is C29H30N5O2S2+. The van der Waals surface area contributed by atoms with Crippen molar-refractivity contribution in [1.29, 1.82) is 0 Å². The molecule has 7 nitrogen and oxygen atoms in total. The number of fused-ring (bicyclic) bond motifs is 3. The lowest BCUT2D eigenvalue weighted by atomic mass is 9.80. The first-order valence-corrected chi connectivity index (χ1v) is 14.9. The summed E-state index contributed by atoms with van der Waals surface area (Å²) in [5, 5.41) is 0.876. The zero-order valence-electron chi connectivity index (χ0n) is 22.3. The first kappa shape index (κ1) is 25.0. The number of ether oxygens (including phenoxy) is 1. The summed E-state index contributed by atoms with van der Waals surface area (Å²) in [6, 6.07) is 14.2. The number of hydrogen-bond donors (Lipinski definition) is 2. The summed E-state index contributed by atoms with van der Waals surface area (Å²) < 4.78 is 7.73. The number of nitrogens with zero attached hydrogens (tertiary/aromatic N) is 3. The van der Waals surface area contributed by atoms with E-state index in [1.165, 1.54) is 0 Å². The van der Waals surface area contributed by atoms with Gasteiger partial charge in [0.25, 0.3) is 0 Å². The van der Waals surface area contributed by atoms with Crippen LogP contribution in [0.25, 0.3) is 28.0 Å². The van der Waals surface area contributed by atoms with E-state index < -0.39 is 10.8 Å². The highest BCUT2D eigenvalue weighted by atomic mass is 33.1. The second kappa shape index (κ2) is 8.88. The fourth-order valence-electron chi connectivity index (χ4n) is 5.60. The molecule has 0 fully saturated rings. The fourth-order valence-corrected chi connectivity index (χ4v) is 7.61. The van der Waals surface area contributed by atoms with Crippen LogP contribution in [0.5, 0.6) is 5.75 Å². The molecule has 0 bridgehead atoms. The molecule has 2 N–H and O–H groups in total. The Kier molecular flexibility index (Phi) is 5.84. The van der Waals surface area contributed by atoms with E-state index >= 15 is 0 Å². The number of methoxy groups -OCH3 is 1. The molecule has 9 heteroatoms. The van der Waals surface area contributed by atoms with E-state index in [1.54, 1.807) is 28.7 Å². The van der Waals surface area contributed by atoms with Crippen molar-refractivity contribution in [2.24, 2.45) is 0 Å². The van der Waals surface area contributed by atoms with Crippen LogP contribution in [0.1, 0.15) is 50.1 Å². The Balaban J connectivity index is 1.36. The van der Waals surface area contributed by atoms with Gasteiger partial charge >= 0.3 is 5.95 Å². The number of para-hydroxylation sites is 2. The SMILES string of the molecule is COc1cc[n+](-c2nc3cc4c(cc3[nH]2)C(C)(C)C(=O)C4(C)C)c(CSSc2nc3ccccc3[nH]2)c1C. The van der Waals surface area contributed by atoms with Gasteiger partial charge in [-0.05, 0) is 80.8 Å². The number of aromatic amines is 2. The third kappa shape index (κ3) is 3.82. The molecule has 3 heterocycles. The molecule has 0 spiro atoms. The number of hydrogen-bond acceptors (Lipinski definition) is 6. The third-order valence-electron chi connectivity index (χ3n) is 7.71. The lowest BCUT2D eigenvalue weighted by Crippen LogP contribution is -2.37. The monoisotopic (exact) mass is 544 g/mol. The number of imidazole rings is 2. The number of carbonyl (C=O) groups is 1. The van der Waals surface area contributed by atoms with E-state index in [2.05, 4.69) is 38.6 Å². The van der Waals surface area contributed by atoms with Gasteiger partial charge in [-0.2, -0.15) is 0 Å². The van der Waals surface area contributed by atoms with Crippen LogP contribution < -0.4 is 9.30 Å². The van der Waals surface area contributed by atoms with Crippen molar-refractivity contribution in [3.8, 4) is 11.7 Å². The molecule has 2 aromatic carbocycles. The highest BCUT2D eigenvalue weighted by Gasteiger charge is 2.50. The molecule has 0 saturated heterocycles. The van der Waals surface area contributed by atoms with E-state index in [9.17, 15) is 4.79 Å². The lowest BCUT2D eigenvalue weighted by Gasteiger charge is -2.21. The average Bonchev–Trinajstić information content (AvgIpc) is 3.54. The molecule has 3 aromatic heterocycles. The predicted molar refractivity (Wildman–Crippen MR) is 153 cm³/mol. The van der Waals surface area contributed by atoms with E-state index in [1.807, 2.05) is 64.2 Å². The minimum absolute atomic E-state index is 0.245. The molecule has 0 atom stereocenters. The summed E-state index contributed by atoms with van der Waals surface area (Å²) in [5.41, 5.74) is 6.99. The maximum atomic E-state index is 13.1. The van der Waals surface area contributed by atoms with Crippen LogP contribution >= 0.6 is 21.6 Å². The predicted octanol–water partition coefficient (Wildman–Crippen LogP) is 6.11. The lowest BCUT2D eigenvalue weighted by molar-refractivity contribution is -0.610. The number of nitrogens with one attached hydrogen (secondary N) is 2. The van der Waals surface area contributed by atoms with Gasteiger partial charge in [0.2, 0.25) is 0 Å². The number of aromatic nitrogens is 5. The van der Waals surface area contributed by atoms with Gasteiger partial charge in [0, 0.05) is 22.5 Å². The van der Waals surface area contributed by atoms with Crippen molar-refractivity contribution in [2.45, 2.75) is 56.4 Å². The Morgan fingerprint density at radius 1 is 0.947 bits per heavy atom. The van der Waals surface area contributed by atoms with Crippen LogP contribution in [-0.2, 0) is 21.4 Å². The molecule has 5 aromatic rings. The largest absolute Gasteiger partial charge is 0.496 e. The highest BCUT2D eigenvalue weighted by Crippen LogP contribution is 2.47. The molecule has 1 aliphatic rings. The second-order valence-electron chi connectivity index (χ2n) is 10.8. The van der Waals surface area contributed by atoms with Gasteiger partial charge in [0.15, 0.2) is 16.5 Å². The molecule has 0 unspecified atom stereocenters. The van der Waals surface area contributed by atoms with Crippen LogP contribution in [0.3, 0.4) is 0 Å². The number of pyridine rings is 1. The first-order valence-electron chi connectivity index (χ1n) is 12.5. The molecule has 0 saturated carbocycles. The number of rotatable bonds is 6. The maximum Gasteiger partial charge on any atom is 0.402 e. The standard InChI is InChI=1S/C29H30N5O2S2/c1-16-23(15-37-38-27-32-19-9-7-8-10-20(19)33-27)34(12-11-24(16)36-6)26-30-21-13-17-18(14-22(21)31-26)29(4,5)25(35)28(17,2)3/h7-14H,15H2,1-6H3,(H,30,31)(H,32,33)/q+1. The smallest absolute Gasteiger partial charge is 0.402 e. The van der Waals surface area contributed by atoms with Crippen LogP contribution in [0, 0.1) is 6.92 Å². The van der Waals surface area contributed by atoms with Crippen molar-refractivity contribution in [1.82, 2.24) is 19.9 Å². The fraction of sp³-hybridized carbons (Fsp3) is 0.310. The second-order valence-corrected chi connectivity index (χ2v) is 13.1. The van der Waals surface area contributed by atoms with Crippen molar-refractivity contribution in [3.63, 3.8) is 0 Å². The van der Waals surface area contributed by atoms with Gasteiger partial charge < -0.3 is 9.72 Å². The van der Waals surface area contributed by atoms with Crippen molar-refractivity contribution in [3.05, 3.63) is 71.0 Å². The van der Waals surface area contributed by atoms with E-state index in [0.717, 1.165) is 61.3 Å². The Hall–Kier alpha value is -3.30. The minimum Gasteiger partial charge on any atom is -0.496 e. The average molecular weight is 545 g/mol. The van der Waals surface area contributed by atoms with Gasteiger partial charge in [0.05, 0.1) is 30.1 Å². The molecule has 0 radical (unpaired) electrons.